The van der Waals surface area contributed by atoms with Gasteiger partial charge in [0.05, 0.1) is 5.69 Å². The minimum absolute atomic E-state index is 0.234. The molecule has 0 aromatic carbocycles. The number of nitrogens with zero attached hydrogens (tertiary/aromatic N) is 2. The topological polar surface area (TPSA) is 53.4 Å². The quantitative estimate of drug-likeness (QED) is 0.922. The molecule has 0 saturated carbocycles. The first-order chi connectivity index (χ1) is 9.32. The van der Waals surface area contributed by atoms with E-state index < -0.39 is 5.97 Å². The van der Waals surface area contributed by atoms with Crippen molar-refractivity contribution in [3.8, 4) is 0 Å². The molecular formula is C15H24N2O2S. The van der Waals surface area contributed by atoms with E-state index in [0.717, 1.165) is 18.2 Å². The summed E-state index contributed by atoms with van der Waals surface area (Å²) in [6, 6.07) is 0. The van der Waals surface area contributed by atoms with Crippen LogP contribution in [0.15, 0.2) is 0 Å². The summed E-state index contributed by atoms with van der Waals surface area (Å²) in [5, 5.41) is 10.3. The van der Waals surface area contributed by atoms with Crippen molar-refractivity contribution in [1.29, 1.82) is 0 Å². The second kappa shape index (κ2) is 5.72. The standard InChI is InChI=1S/C15H24N2O2S/c1-5-10-7-6-8-17(9-10)14-16-12(15(2,3)4)11(20-14)13(18)19/h10H,5-9H2,1-4H3,(H,18,19). The van der Waals surface area contributed by atoms with Gasteiger partial charge < -0.3 is 10.0 Å². The van der Waals surface area contributed by atoms with Crippen LogP contribution in [0.25, 0.3) is 0 Å². The second-order valence-corrected chi connectivity index (χ2v) is 7.57. The van der Waals surface area contributed by atoms with Gasteiger partial charge in [-0.05, 0) is 18.8 Å². The Labute approximate surface area is 124 Å². The van der Waals surface area contributed by atoms with Crippen molar-refractivity contribution in [2.45, 2.75) is 52.4 Å². The minimum Gasteiger partial charge on any atom is -0.477 e. The zero-order valence-corrected chi connectivity index (χ0v) is 13.6. The highest BCUT2D eigenvalue weighted by Crippen LogP contribution is 2.35. The molecule has 20 heavy (non-hydrogen) atoms. The van der Waals surface area contributed by atoms with Gasteiger partial charge in [0.2, 0.25) is 0 Å². The molecule has 2 rings (SSSR count). The zero-order chi connectivity index (χ0) is 14.9. The van der Waals surface area contributed by atoms with Crippen LogP contribution in [0.5, 0.6) is 0 Å². The van der Waals surface area contributed by atoms with E-state index in [2.05, 4.69) is 16.8 Å². The van der Waals surface area contributed by atoms with Crippen molar-refractivity contribution in [2.24, 2.45) is 5.92 Å². The SMILES string of the molecule is CCC1CCCN(c2nc(C(C)(C)C)c(C(=O)O)s2)C1. The maximum atomic E-state index is 11.4. The number of rotatable bonds is 3. The first-order valence-electron chi connectivity index (χ1n) is 7.32. The van der Waals surface area contributed by atoms with Gasteiger partial charge in [-0.15, -0.1) is 0 Å². The van der Waals surface area contributed by atoms with Crippen LogP contribution in [0.2, 0.25) is 0 Å². The number of thiazole rings is 1. The summed E-state index contributed by atoms with van der Waals surface area (Å²) in [4.78, 5) is 18.8. The molecule has 0 aliphatic carbocycles. The fourth-order valence-corrected chi connectivity index (χ4v) is 3.82. The Balaban J connectivity index is 2.31. The van der Waals surface area contributed by atoms with E-state index in [9.17, 15) is 9.90 Å². The van der Waals surface area contributed by atoms with Crippen molar-refractivity contribution < 1.29 is 9.90 Å². The van der Waals surface area contributed by atoms with Gasteiger partial charge in [0.15, 0.2) is 5.13 Å². The third kappa shape index (κ3) is 3.14. The molecule has 0 bridgehead atoms. The number of piperidine rings is 1. The van der Waals surface area contributed by atoms with Gasteiger partial charge in [0.1, 0.15) is 4.88 Å². The molecule has 4 nitrogen and oxygen atoms in total. The third-order valence-electron chi connectivity index (χ3n) is 3.89. The lowest BCUT2D eigenvalue weighted by Gasteiger charge is -2.32. The van der Waals surface area contributed by atoms with Crippen molar-refractivity contribution in [2.75, 3.05) is 18.0 Å². The lowest BCUT2D eigenvalue weighted by atomic mass is 9.91. The summed E-state index contributed by atoms with van der Waals surface area (Å²) in [6.07, 6.45) is 3.63. The minimum atomic E-state index is -0.859. The van der Waals surface area contributed by atoms with Gasteiger partial charge in [-0.1, -0.05) is 45.5 Å². The van der Waals surface area contributed by atoms with Crippen LogP contribution in [0, 0.1) is 5.92 Å². The van der Waals surface area contributed by atoms with Crippen LogP contribution >= 0.6 is 11.3 Å². The monoisotopic (exact) mass is 296 g/mol. The molecule has 0 radical (unpaired) electrons. The number of aromatic nitrogens is 1. The van der Waals surface area contributed by atoms with Gasteiger partial charge in [0.25, 0.3) is 0 Å². The Kier molecular flexibility index (Phi) is 4.37. The fraction of sp³-hybridized carbons (Fsp3) is 0.733. The number of anilines is 1. The molecule has 112 valence electrons. The Morgan fingerprint density at radius 1 is 1.50 bits per heavy atom. The van der Waals surface area contributed by atoms with E-state index in [1.807, 2.05) is 20.8 Å². The van der Waals surface area contributed by atoms with E-state index in [0.29, 0.717) is 16.5 Å². The number of hydrogen-bond acceptors (Lipinski definition) is 4. The van der Waals surface area contributed by atoms with Crippen LogP contribution in [0.4, 0.5) is 5.13 Å². The first-order valence-corrected chi connectivity index (χ1v) is 8.14. The molecule has 1 aromatic heterocycles. The van der Waals surface area contributed by atoms with Crippen molar-refractivity contribution in [3.63, 3.8) is 0 Å². The number of carbonyl (C=O) groups is 1. The average Bonchev–Trinajstić information content (AvgIpc) is 2.84. The normalized spacial score (nSPS) is 20.2. The number of aromatic carboxylic acids is 1. The van der Waals surface area contributed by atoms with Crippen LogP contribution in [-0.4, -0.2) is 29.1 Å². The molecular weight excluding hydrogens is 272 g/mol. The number of hydrogen-bond donors (Lipinski definition) is 1. The van der Waals surface area contributed by atoms with E-state index in [4.69, 9.17) is 0 Å². The third-order valence-corrected chi connectivity index (χ3v) is 4.99. The predicted octanol–water partition coefficient (Wildman–Crippen LogP) is 3.77. The highest BCUT2D eigenvalue weighted by atomic mass is 32.1. The smallest absolute Gasteiger partial charge is 0.347 e. The summed E-state index contributed by atoms with van der Waals surface area (Å²) in [7, 11) is 0. The molecule has 1 fully saturated rings. The number of carboxylic acid groups (broad SMARTS) is 1. The van der Waals surface area contributed by atoms with Crippen molar-refractivity contribution in [1.82, 2.24) is 4.98 Å². The van der Waals surface area contributed by atoms with E-state index in [-0.39, 0.29) is 5.41 Å². The largest absolute Gasteiger partial charge is 0.477 e. The molecule has 1 N–H and O–H groups in total. The van der Waals surface area contributed by atoms with Gasteiger partial charge >= 0.3 is 5.97 Å². The maximum Gasteiger partial charge on any atom is 0.347 e. The molecule has 1 saturated heterocycles. The molecule has 0 amide bonds. The Morgan fingerprint density at radius 3 is 2.70 bits per heavy atom. The second-order valence-electron chi connectivity index (χ2n) is 6.59. The highest BCUT2D eigenvalue weighted by molar-refractivity contribution is 7.17. The summed E-state index contributed by atoms with van der Waals surface area (Å²) >= 11 is 1.33. The van der Waals surface area contributed by atoms with Crippen molar-refractivity contribution in [3.05, 3.63) is 10.6 Å². The van der Waals surface area contributed by atoms with Gasteiger partial charge in [-0.2, -0.15) is 0 Å². The Hall–Kier alpha value is -1.10. The summed E-state index contributed by atoms with van der Waals surface area (Å²) in [5.41, 5.74) is 0.478. The van der Waals surface area contributed by atoms with Gasteiger partial charge in [-0.3, -0.25) is 0 Å². The molecule has 1 atom stereocenters. The van der Waals surface area contributed by atoms with Crippen LogP contribution in [0.1, 0.15) is 62.3 Å². The van der Waals surface area contributed by atoms with Crippen molar-refractivity contribution >= 4 is 22.4 Å². The molecule has 1 aliphatic rings. The fourth-order valence-electron chi connectivity index (χ4n) is 2.67. The van der Waals surface area contributed by atoms with E-state index in [1.54, 1.807) is 0 Å². The zero-order valence-electron chi connectivity index (χ0n) is 12.8. The molecule has 1 aromatic rings. The Morgan fingerprint density at radius 2 is 2.20 bits per heavy atom. The predicted molar refractivity (Wildman–Crippen MR) is 83.0 cm³/mol. The lowest BCUT2D eigenvalue weighted by Crippen LogP contribution is -2.35. The van der Waals surface area contributed by atoms with Crippen LogP contribution in [-0.2, 0) is 5.41 Å². The van der Waals surface area contributed by atoms with E-state index in [1.165, 1.54) is 30.6 Å². The van der Waals surface area contributed by atoms with Crippen LogP contribution < -0.4 is 4.90 Å². The lowest BCUT2D eigenvalue weighted by molar-refractivity contribution is 0.0699. The average molecular weight is 296 g/mol. The molecule has 2 heterocycles. The summed E-state index contributed by atoms with van der Waals surface area (Å²) in [6.45, 7) is 10.3. The Bertz CT molecular complexity index is 491. The molecule has 1 aliphatic heterocycles. The molecule has 0 spiro atoms. The highest BCUT2D eigenvalue weighted by Gasteiger charge is 2.29. The summed E-state index contributed by atoms with van der Waals surface area (Å²) in [5.74, 6) is -0.151. The molecule has 5 heteroatoms. The first kappa shape index (κ1) is 15.3. The maximum absolute atomic E-state index is 11.4. The van der Waals surface area contributed by atoms with Crippen LogP contribution in [0.3, 0.4) is 0 Å². The van der Waals surface area contributed by atoms with E-state index >= 15 is 0 Å². The van der Waals surface area contributed by atoms with Gasteiger partial charge in [-0.25, -0.2) is 9.78 Å². The number of carboxylic acids is 1. The summed E-state index contributed by atoms with van der Waals surface area (Å²) < 4.78 is 0. The van der Waals surface area contributed by atoms with Gasteiger partial charge in [0, 0.05) is 18.5 Å². The molecule has 1 unspecified atom stereocenters.